The Bertz CT molecular complexity index is 292. The molecule has 0 spiro atoms. The van der Waals surface area contributed by atoms with Crippen molar-refractivity contribution in [3.05, 3.63) is 35.4 Å². The van der Waals surface area contributed by atoms with Crippen LogP contribution in [0.3, 0.4) is 0 Å². The van der Waals surface area contributed by atoms with Crippen LogP contribution < -0.4 is 0 Å². The molecule has 0 heterocycles. The summed E-state index contributed by atoms with van der Waals surface area (Å²) in [5.74, 6) is 1.10. The Morgan fingerprint density at radius 3 is 2.57 bits per heavy atom. The molecule has 0 aromatic heterocycles. The number of rotatable bonds is 4. The molecule has 2 nitrogen and oxygen atoms in total. The second-order valence-electron chi connectivity index (χ2n) is 3.96. The van der Waals surface area contributed by atoms with E-state index in [9.17, 15) is 0 Å². The molecule has 1 fully saturated rings. The van der Waals surface area contributed by atoms with Crippen LogP contribution in [0.5, 0.6) is 0 Å². The van der Waals surface area contributed by atoms with Crippen LogP contribution in [0.4, 0.5) is 0 Å². The van der Waals surface area contributed by atoms with Gasteiger partial charge < -0.3 is 9.84 Å². The summed E-state index contributed by atoms with van der Waals surface area (Å²) in [5, 5.41) is 8.96. The first-order chi connectivity index (χ1) is 6.85. The molecule has 14 heavy (non-hydrogen) atoms. The molecular formula is C12H16O2. The van der Waals surface area contributed by atoms with E-state index < -0.39 is 0 Å². The van der Waals surface area contributed by atoms with Crippen LogP contribution in [-0.4, -0.2) is 18.8 Å². The standard InChI is InChI=1S/C12H16O2/c1-14-8-9-2-4-10(5-3-9)12-6-11(12)7-13/h2-5,11-13H,6-8H2,1H3. The molecule has 2 unspecified atom stereocenters. The number of aliphatic hydroxyl groups excluding tert-OH is 1. The van der Waals surface area contributed by atoms with Crippen molar-refractivity contribution in [1.82, 2.24) is 0 Å². The Balaban J connectivity index is 2.00. The summed E-state index contributed by atoms with van der Waals surface area (Å²) >= 11 is 0. The van der Waals surface area contributed by atoms with Gasteiger partial charge in [0.15, 0.2) is 0 Å². The van der Waals surface area contributed by atoms with Gasteiger partial charge in [-0.1, -0.05) is 24.3 Å². The van der Waals surface area contributed by atoms with E-state index in [4.69, 9.17) is 9.84 Å². The molecule has 0 saturated heterocycles. The lowest BCUT2D eigenvalue weighted by Crippen LogP contribution is -1.90. The summed E-state index contributed by atoms with van der Waals surface area (Å²) < 4.78 is 5.05. The summed E-state index contributed by atoms with van der Waals surface area (Å²) in [5.41, 5.74) is 2.56. The Kier molecular flexibility index (Phi) is 2.85. The van der Waals surface area contributed by atoms with Gasteiger partial charge in [-0.3, -0.25) is 0 Å². The first-order valence-corrected chi connectivity index (χ1v) is 5.03. The van der Waals surface area contributed by atoms with Crippen LogP contribution >= 0.6 is 0 Å². The minimum absolute atomic E-state index is 0.324. The second kappa shape index (κ2) is 4.11. The van der Waals surface area contributed by atoms with E-state index in [-0.39, 0.29) is 0 Å². The maximum Gasteiger partial charge on any atom is 0.0713 e. The molecule has 0 amide bonds. The van der Waals surface area contributed by atoms with Gasteiger partial charge in [0, 0.05) is 13.7 Å². The van der Waals surface area contributed by atoms with E-state index in [1.807, 2.05) is 0 Å². The molecule has 1 aliphatic carbocycles. The van der Waals surface area contributed by atoms with Crippen LogP contribution in [0.1, 0.15) is 23.5 Å². The van der Waals surface area contributed by atoms with Crippen molar-refractivity contribution in [3.8, 4) is 0 Å². The number of hydrogen-bond acceptors (Lipinski definition) is 2. The van der Waals surface area contributed by atoms with Gasteiger partial charge in [-0.2, -0.15) is 0 Å². The SMILES string of the molecule is COCc1ccc(C2CC2CO)cc1. The third kappa shape index (κ3) is 1.97. The normalized spacial score (nSPS) is 25.0. The van der Waals surface area contributed by atoms with Crippen LogP contribution in [0, 0.1) is 5.92 Å². The summed E-state index contributed by atoms with van der Waals surface area (Å²) in [6, 6.07) is 8.50. The van der Waals surface area contributed by atoms with Gasteiger partial charge in [0.2, 0.25) is 0 Å². The molecular weight excluding hydrogens is 176 g/mol. The second-order valence-corrected chi connectivity index (χ2v) is 3.96. The highest BCUT2D eigenvalue weighted by Crippen LogP contribution is 2.46. The zero-order chi connectivity index (χ0) is 9.97. The molecule has 0 radical (unpaired) electrons. The van der Waals surface area contributed by atoms with Crippen molar-refractivity contribution in [1.29, 1.82) is 0 Å². The number of hydrogen-bond donors (Lipinski definition) is 1. The predicted molar refractivity (Wildman–Crippen MR) is 55.1 cm³/mol. The van der Waals surface area contributed by atoms with Crippen molar-refractivity contribution in [2.45, 2.75) is 18.9 Å². The fourth-order valence-electron chi connectivity index (χ4n) is 1.89. The van der Waals surface area contributed by atoms with E-state index in [1.165, 1.54) is 11.1 Å². The van der Waals surface area contributed by atoms with Gasteiger partial charge >= 0.3 is 0 Å². The average Bonchev–Trinajstić information content (AvgIpc) is 2.99. The maximum atomic E-state index is 8.96. The highest BCUT2D eigenvalue weighted by molar-refractivity contribution is 5.29. The molecule has 1 aliphatic rings. The van der Waals surface area contributed by atoms with E-state index in [0.717, 1.165) is 6.42 Å². The Morgan fingerprint density at radius 1 is 1.36 bits per heavy atom. The summed E-state index contributed by atoms with van der Waals surface area (Å²) in [6.45, 7) is 0.999. The van der Waals surface area contributed by atoms with Gasteiger partial charge in [-0.05, 0) is 29.4 Å². The molecule has 76 valence electrons. The van der Waals surface area contributed by atoms with E-state index >= 15 is 0 Å². The van der Waals surface area contributed by atoms with E-state index in [2.05, 4.69) is 24.3 Å². The van der Waals surface area contributed by atoms with Crippen molar-refractivity contribution in [2.75, 3.05) is 13.7 Å². The van der Waals surface area contributed by atoms with Gasteiger partial charge in [-0.25, -0.2) is 0 Å². The Morgan fingerprint density at radius 2 is 2.07 bits per heavy atom. The highest BCUT2D eigenvalue weighted by atomic mass is 16.5. The zero-order valence-electron chi connectivity index (χ0n) is 8.44. The van der Waals surface area contributed by atoms with Crippen LogP contribution in [0.2, 0.25) is 0 Å². The molecule has 2 atom stereocenters. The lowest BCUT2D eigenvalue weighted by molar-refractivity contribution is 0.185. The van der Waals surface area contributed by atoms with Gasteiger partial charge in [0.25, 0.3) is 0 Å². The van der Waals surface area contributed by atoms with Crippen molar-refractivity contribution >= 4 is 0 Å². The topological polar surface area (TPSA) is 29.5 Å². The van der Waals surface area contributed by atoms with Crippen LogP contribution in [0.25, 0.3) is 0 Å². The average molecular weight is 192 g/mol. The van der Waals surface area contributed by atoms with Crippen molar-refractivity contribution < 1.29 is 9.84 Å². The molecule has 0 aliphatic heterocycles. The minimum Gasteiger partial charge on any atom is -0.396 e. The predicted octanol–water partition coefficient (Wildman–Crippen LogP) is 1.93. The smallest absolute Gasteiger partial charge is 0.0713 e. The van der Waals surface area contributed by atoms with Crippen LogP contribution in [0.15, 0.2) is 24.3 Å². The monoisotopic (exact) mass is 192 g/mol. The minimum atomic E-state index is 0.324. The summed E-state index contributed by atoms with van der Waals surface area (Å²) in [7, 11) is 1.70. The Hall–Kier alpha value is -0.860. The summed E-state index contributed by atoms with van der Waals surface area (Å²) in [4.78, 5) is 0. The number of benzene rings is 1. The van der Waals surface area contributed by atoms with Gasteiger partial charge in [-0.15, -0.1) is 0 Å². The molecule has 1 saturated carbocycles. The van der Waals surface area contributed by atoms with Gasteiger partial charge in [0.05, 0.1) is 6.61 Å². The molecule has 1 aromatic rings. The van der Waals surface area contributed by atoms with Crippen LogP contribution in [-0.2, 0) is 11.3 Å². The lowest BCUT2D eigenvalue weighted by Gasteiger charge is -2.02. The molecule has 2 rings (SSSR count). The first kappa shape index (κ1) is 9.69. The number of ether oxygens (including phenoxy) is 1. The lowest BCUT2D eigenvalue weighted by atomic mass is 10.1. The maximum absolute atomic E-state index is 8.96. The fourth-order valence-corrected chi connectivity index (χ4v) is 1.89. The van der Waals surface area contributed by atoms with Crippen molar-refractivity contribution in [2.24, 2.45) is 5.92 Å². The molecule has 2 heteroatoms. The Labute approximate surface area is 84.5 Å². The molecule has 1 aromatic carbocycles. The molecule has 1 N–H and O–H groups in total. The zero-order valence-corrected chi connectivity index (χ0v) is 8.44. The van der Waals surface area contributed by atoms with E-state index in [0.29, 0.717) is 25.0 Å². The molecule has 0 bridgehead atoms. The first-order valence-electron chi connectivity index (χ1n) is 5.03. The largest absolute Gasteiger partial charge is 0.396 e. The van der Waals surface area contributed by atoms with E-state index in [1.54, 1.807) is 7.11 Å². The highest BCUT2D eigenvalue weighted by Gasteiger charge is 2.37. The van der Waals surface area contributed by atoms with Crippen molar-refractivity contribution in [3.63, 3.8) is 0 Å². The third-order valence-corrected chi connectivity index (χ3v) is 2.88. The number of methoxy groups -OCH3 is 1. The van der Waals surface area contributed by atoms with Gasteiger partial charge in [0.1, 0.15) is 0 Å². The quantitative estimate of drug-likeness (QED) is 0.789. The fraction of sp³-hybridized carbons (Fsp3) is 0.500. The third-order valence-electron chi connectivity index (χ3n) is 2.88. The number of aliphatic hydroxyl groups is 1. The summed E-state index contributed by atoms with van der Waals surface area (Å²) in [6.07, 6.45) is 1.14.